The van der Waals surface area contributed by atoms with Crippen LogP contribution in [0.3, 0.4) is 0 Å². The van der Waals surface area contributed by atoms with Crippen molar-refractivity contribution in [1.29, 1.82) is 0 Å². The molecular weight excluding hydrogens is 295 g/mol. The van der Waals surface area contributed by atoms with Crippen LogP contribution in [0.5, 0.6) is 0 Å². The molecule has 20 heavy (non-hydrogen) atoms. The SMILES string of the molecule is O=C(O)c1cc(-c2cccc(C(F)(F)F)c2)cnc1Cl. The quantitative estimate of drug-likeness (QED) is 0.849. The molecule has 2 rings (SSSR count). The second kappa shape index (κ2) is 5.13. The zero-order chi connectivity index (χ0) is 14.9. The zero-order valence-electron chi connectivity index (χ0n) is 9.78. The van der Waals surface area contributed by atoms with Gasteiger partial charge in [-0.15, -0.1) is 0 Å². The maximum absolute atomic E-state index is 12.6. The minimum atomic E-state index is -4.47. The van der Waals surface area contributed by atoms with Crippen LogP contribution in [-0.4, -0.2) is 16.1 Å². The Morgan fingerprint density at radius 3 is 2.50 bits per heavy atom. The van der Waals surface area contributed by atoms with E-state index in [1.54, 1.807) is 0 Å². The molecule has 0 aliphatic heterocycles. The summed E-state index contributed by atoms with van der Waals surface area (Å²) in [4.78, 5) is 14.6. The molecule has 0 amide bonds. The molecule has 2 aromatic rings. The van der Waals surface area contributed by atoms with E-state index in [0.29, 0.717) is 0 Å². The van der Waals surface area contributed by atoms with Crippen LogP contribution >= 0.6 is 11.6 Å². The average Bonchev–Trinajstić information content (AvgIpc) is 2.38. The number of hydrogen-bond donors (Lipinski definition) is 1. The van der Waals surface area contributed by atoms with E-state index in [1.807, 2.05) is 0 Å². The molecule has 0 saturated carbocycles. The van der Waals surface area contributed by atoms with E-state index in [9.17, 15) is 18.0 Å². The Kier molecular flexibility index (Phi) is 3.67. The van der Waals surface area contributed by atoms with Crippen LogP contribution in [0, 0.1) is 0 Å². The molecule has 104 valence electrons. The molecule has 0 radical (unpaired) electrons. The lowest BCUT2D eigenvalue weighted by Gasteiger charge is -2.09. The zero-order valence-corrected chi connectivity index (χ0v) is 10.5. The first-order chi connectivity index (χ1) is 9.29. The van der Waals surface area contributed by atoms with Gasteiger partial charge in [-0.05, 0) is 23.8 Å². The standard InChI is InChI=1S/C13H7ClF3NO2/c14-11-10(12(19)20)5-8(6-18-11)7-2-1-3-9(4-7)13(15,16)17/h1-6H,(H,19,20). The fourth-order valence-corrected chi connectivity index (χ4v) is 1.82. The van der Waals surface area contributed by atoms with Crippen LogP contribution in [0.4, 0.5) is 13.2 Å². The number of benzene rings is 1. The first kappa shape index (κ1) is 14.3. The molecule has 0 saturated heterocycles. The van der Waals surface area contributed by atoms with E-state index < -0.39 is 17.7 Å². The summed E-state index contributed by atoms with van der Waals surface area (Å²) in [6.45, 7) is 0. The molecule has 0 atom stereocenters. The summed E-state index contributed by atoms with van der Waals surface area (Å²) in [6, 6.07) is 5.73. The van der Waals surface area contributed by atoms with Crippen LogP contribution in [-0.2, 0) is 6.18 Å². The number of pyridine rings is 1. The lowest BCUT2D eigenvalue weighted by atomic mass is 10.0. The molecule has 0 bridgehead atoms. The molecule has 0 spiro atoms. The van der Waals surface area contributed by atoms with Gasteiger partial charge in [-0.3, -0.25) is 0 Å². The van der Waals surface area contributed by atoms with E-state index in [0.717, 1.165) is 12.1 Å². The van der Waals surface area contributed by atoms with Gasteiger partial charge in [0, 0.05) is 11.8 Å². The topological polar surface area (TPSA) is 50.2 Å². The molecule has 1 heterocycles. The first-order valence-electron chi connectivity index (χ1n) is 5.35. The fourth-order valence-electron chi connectivity index (χ4n) is 1.63. The minimum absolute atomic E-state index is 0.214. The van der Waals surface area contributed by atoms with Crippen molar-refractivity contribution in [3.05, 3.63) is 52.8 Å². The number of aromatic nitrogens is 1. The smallest absolute Gasteiger partial charge is 0.416 e. The number of rotatable bonds is 2. The van der Waals surface area contributed by atoms with Crippen molar-refractivity contribution in [2.24, 2.45) is 0 Å². The van der Waals surface area contributed by atoms with Crippen molar-refractivity contribution in [3.63, 3.8) is 0 Å². The minimum Gasteiger partial charge on any atom is -0.478 e. The Hall–Kier alpha value is -2.08. The van der Waals surface area contributed by atoms with Gasteiger partial charge in [-0.2, -0.15) is 13.2 Å². The lowest BCUT2D eigenvalue weighted by Crippen LogP contribution is -2.04. The van der Waals surface area contributed by atoms with Crippen LogP contribution < -0.4 is 0 Å². The molecule has 0 aliphatic rings. The van der Waals surface area contributed by atoms with E-state index in [-0.39, 0.29) is 21.8 Å². The second-order valence-electron chi connectivity index (χ2n) is 3.95. The van der Waals surface area contributed by atoms with Crippen LogP contribution in [0.1, 0.15) is 15.9 Å². The van der Waals surface area contributed by atoms with Gasteiger partial charge in [0.15, 0.2) is 0 Å². The van der Waals surface area contributed by atoms with Gasteiger partial charge in [0.05, 0.1) is 11.1 Å². The van der Waals surface area contributed by atoms with E-state index in [4.69, 9.17) is 16.7 Å². The highest BCUT2D eigenvalue weighted by atomic mass is 35.5. The Morgan fingerprint density at radius 1 is 1.20 bits per heavy atom. The average molecular weight is 302 g/mol. The van der Waals surface area contributed by atoms with Gasteiger partial charge in [0.2, 0.25) is 0 Å². The van der Waals surface area contributed by atoms with Crippen molar-refractivity contribution in [3.8, 4) is 11.1 Å². The maximum atomic E-state index is 12.6. The lowest BCUT2D eigenvalue weighted by molar-refractivity contribution is -0.137. The molecule has 3 nitrogen and oxygen atoms in total. The summed E-state index contributed by atoms with van der Waals surface area (Å²) < 4.78 is 37.9. The molecule has 1 aromatic heterocycles. The van der Waals surface area contributed by atoms with Crippen molar-refractivity contribution in [2.75, 3.05) is 0 Å². The number of carboxylic acids is 1. The number of carboxylic acid groups (broad SMARTS) is 1. The third-order valence-electron chi connectivity index (χ3n) is 2.59. The van der Waals surface area contributed by atoms with Crippen molar-refractivity contribution in [2.45, 2.75) is 6.18 Å². The van der Waals surface area contributed by atoms with Gasteiger partial charge in [-0.25, -0.2) is 9.78 Å². The number of carbonyl (C=O) groups is 1. The highest BCUT2D eigenvalue weighted by Gasteiger charge is 2.30. The van der Waals surface area contributed by atoms with Crippen molar-refractivity contribution < 1.29 is 23.1 Å². The van der Waals surface area contributed by atoms with Crippen LogP contribution in [0.25, 0.3) is 11.1 Å². The molecule has 0 fully saturated rings. The van der Waals surface area contributed by atoms with Crippen molar-refractivity contribution in [1.82, 2.24) is 4.98 Å². The largest absolute Gasteiger partial charge is 0.478 e. The van der Waals surface area contributed by atoms with Crippen molar-refractivity contribution >= 4 is 17.6 Å². The van der Waals surface area contributed by atoms with Gasteiger partial charge < -0.3 is 5.11 Å². The van der Waals surface area contributed by atoms with Gasteiger partial charge in [0.25, 0.3) is 0 Å². The summed E-state index contributed by atoms with van der Waals surface area (Å²) in [5, 5.41) is 8.70. The highest BCUT2D eigenvalue weighted by molar-refractivity contribution is 6.32. The molecule has 1 aromatic carbocycles. The monoisotopic (exact) mass is 301 g/mol. The fraction of sp³-hybridized carbons (Fsp3) is 0.0769. The van der Waals surface area contributed by atoms with Crippen LogP contribution in [0.15, 0.2) is 36.5 Å². The van der Waals surface area contributed by atoms with E-state index in [2.05, 4.69) is 4.98 Å². The molecule has 1 N–H and O–H groups in total. The molecule has 7 heteroatoms. The summed E-state index contributed by atoms with van der Waals surface area (Å²) in [5.41, 5.74) is -0.618. The summed E-state index contributed by atoms with van der Waals surface area (Å²) in [6.07, 6.45) is -3.24. The third kappa shape index (κ3) is 2.91. The predicted octanol–water partition coefficient (Wildman–Crippen LogP) is 4.12. The number of nitrogens with zero attached hydrogens (tertiary/aromatic N) is 1. The van der Waals surface area contributed by atoms with Crippen LogP contribution in [0.2, 0.25) is 5.15 Å². The Balaban J connectivity index is 2.52. The number of halogens is 4. The maximum Gasteiger partial charge on any atom is 0.416 e. The molecule has 0 aliphatic carbocycles. The third-order valence-corrected chi connectivity index (χ3v) is 2.89. The predicted molar refractivity (Wildman–Crippen MR) is 66.6 cm³/mol. The molecular formula is C13H7ClF3NO2. The Morgan fingerprint density at radius 2 is 1.90 bits per heavy atom. The van der Waals surface area contributed by atoms with Gasteiger partial charge >= 0.3 is 12.1 Å². The Bertz CT molecular complexity index is 671. The van der Waals surface area contributed by atoms with E-state index >= 15 is 0 Å². The van der Waals surface area contributed by atoms with Gasteiger partial charge in [-0.1, -0.05) is 23.7 Å². The summed E-state index contributed by atoms with van der Waals surface area (Å²) in [7, 11) is 0. The molecule has 0 unspecified atom stereocenters. The second-order valence-corrected chi connectivity index (χ2v) is 4.30. The number of hydrogen-bond acceptors (Lipinski definition) is 2. The number of alkyl halides is 3. The van der Waals surface area contributed by atoms with Gasteiger partial charge in [0.1, 0.15) is 5.15 Å². The summed E-state index contributed by atoms with van der Waals surface area (Å²) in [5.74, 6) is -1.30. The number of aromatic carboxylic acids is 1. The Labute approximate surface area is 116 Å². The first-order valence-corrected chi connectivity index (χ1v) is 5.73. The summed E-state index contributed by atoms with van der Waals surface area (Å²) >= 11 is 5.61. The van der Waals surface area contributed by atoms with E-state index in [1.165, 1.54) is 24.4 Å². The normalized spacial score (nSPS) is 11.4. The highest BCUT2D eigenvalue weighted by Crippen LogP contribution is 2.32.